The fraction of sp³-hybridized carbons (Fsp3) is 0.333. The summed E-state index contributed by atoms with van der Waals surface area (Å²) in [6.07, 6.45) is 7.02. The number of hydrogen-bond donors (Lipinski definition) is 2. The average Bonchev–Trinajstić information content (AvgIpc) is 2.16. The molecule has 1 radical (unpaired) electrons. The highest BCUT2D eigenvalue weighted by atomic mass is 15.0. The van der Waals surface area contributed by atoms with E-state index in [4.69, 9.17) is 6.42 Å². The second kappa shape index (κ2) is 4.17. The Morgan fingerprint density at radius 3 is 3.00 bits per heavy atom. The maximum Gasteiger partial charge on any atom is 0.0352 e. The van der Waals surface area contributed by atoms with Crippen LogP contribution in [0.4, 0.5) is 5.69 Å². The molecule has 0 bridgehead atoms. The Bertz CT molecular complexity index is 348. The largest absolute Gasteiger partial charge is 0.385 e. The zero-order valence-corrected chi connectivity index (χ0v) is 8.01. The van der Waals surface area contributed by atoms with Gasteiger partial charge in [0.2, 0.25) is 0 Å². The second-order valence-corrected chi connectivity index (χ2v) is 3.61. The molecule has 0 atom stereocenters. The molecule has 1 heterocycles. The molecule has 1 aromatic carbocycles. The normalized spacial score (nSPS) is 15.6. The lowest BCUT2D eigenvalue weighted by Crippen LogP contribution is -2.45. The van der Waals surface area contributed by atoms with Crippen molar-refractivity contribution >= 4 is 5.69 Å². The van der Waals surface area contributed by atoms with Gasteiger partial charge in [0.05, 0.1) is 0 Å². The van der Waals surface area contributed by atoms with Gasteiger partial charge in [-0.05, 0) is 24.6 Å². The Labute approximate surface area is 84.7 Å². The molecule has 1 aliphatic rings. The molecule has 0 saturated carbocycles. The average molecular weight is 185 g/mol. The summed E-state index contributed by atoms with van der Waals surface area (Å²) in [4.78, 5) is 0. The van der Waals surface area contributed by atoms with Gasteiger partial charge in [0, 0.05) is 36.8 Å². The molecule has 1 aromatic rings. The molecule has 0 aliphatic carbocycles. The predicted octanol–water partition coefficient (Wildman–Crippen LogP) is 1.26. The maximum atomic E-state index is 7.02. The van der Waals surface area contributed by atoms with Crippen LogP contribution in [0.3, 0.4) is 0 Å². The van der Waals surface area contributed by atoms with Gasteiger partial charge in [0.1, 0.15) is 0 Å². The van der Waals surface area contributed by atoms with Crippen molar-refractivity contribution in [1.29, 1.82) is 0 Å². The van der Waals surface area contributed by atoms with Gasteiger partial charge in [0.15, 0.2) is 0 Å². The van der Waals surface area contributed by atoms with Crippen LogP contribution in [0.2, 0.25) is 0 Å². The van der Waals surface area contributed by atoms with Crippen molar-refractivity contribution in [3.05, 3.63) is 36.3 Å². The third-order valence-electron chi connectivity index (χ3n) is 2.47. The Balaban J connectivity index is 1.91. The Morgan fingerprint density at radius 2 is 2.36 bits per heavy atom. The zero-order valence-electron chi connectivity index (χ0n) is 8.01. The highest BCUT2D eigenvalue weighted by Crippen LogP contribution is 2.11. The van der Waals surface area contributed by atoms with Gasteiger partial charge in [-0.15, -0.1) is 0 Å². The molecule has 1 fully saturated rings. The molecule has 0 spiro atoms. The van der Waals surface area contributed by atoms with Crippen LogP contribution in [0.1, 0.15) is 5.56 Å². The van der Waals surface area contributed by atoms with Gasteiger partial charge in [0.25, 0.3) is 0 Å². The lowest BCUT2D eigenvalue weighted by Gasteiger charge is -2.27. The predicted molar refractivity (Wildman–Crippen MR) is 57.5 cm³/mol. The summed E-state index contributed by atoms with van der Waals surface area (Å²) >= 11 is 0. The smallest absolute Gasteiger partial charge is 0.0352 e. The van der Waals surface area contributed by atoms with E-state index < -0.39 is 0 Å². The van der Waals surface area contributed by atoms with Crippen LogP contribution in [-0.2, 0) is 0 Å². The van der Waals surface area contributed by atoms with E-state index in [1.165, 1.54) is 0 Å². The van der Waals surface area contributed by atoms with E-state index in [2.05, 4.69) is 16.6 Å². The van der Waals surface area contributed by atoms with Crippen LogP contribution >= 0.6 is 0 Å². The first-order valence-corrected chi connectivity index (χ1v) is 4.86. The van der Waals surface area contributed by atoms with E-state index >= 15 is 0 Å². The maximum absolute atomic E-state index is 7.02. The number of rotatable bonds is 3. The number of anilines is 1. The number of nitrogens with one attached hydrogen (secondary N) is 2. The highest BCUT2D eigenvalue weighted by molar-refractivity contribution is 5.49. The minimum absolute atomic E-state index is 0.752. The van der Waals surface area contributed by atoms with Crippen molar-refractivity contribution in [2.75, 3.05) is 25.0 Å². The highest BCUT2D eigenvalue weighted by Gasteiger charge is 2.15. The Hall–Kier alpha value is -1.46. The minimum Gasteiger partial charge on any atom is -0.385 e. The summed E-state index contributed by atoms with van der Waals surface area (Å²) in [7, 11) is 0. The Kier molecular flexibility index (Phi) is 2.71. The molecule has 0 unspecified atom stereocenters. The molecule has 1 saturated heterocycles. The van der Waals surface area contributed by atoms with Crippen LogP contribution in [-0.4, -0.2) is 19.6 Å². The van der Waals surface area contributed by atoms with Crippen LogP contribution in [0.5, 0.6) is 0 Å². The quantitative estimate of drug-likeness (QED) is 0.693. The van der Waals surface area contributed by atoms with Crippen molar-refractivity contribution in [3.8, 4) is 5.92 Å². The third kappa shape index (κ3) is 2.07. The Morgan fingerprint density at radius 1 is 1.50 bits per heavy atom. The van der Waals surface area contributed by atoms with E-state index in [0.29, 0.717) is 0 Å². The van der Waals surface area contributed by atoms with Crippen LogP contribution in [0.15, 0.2) is 24.3 Å². The van der Waals surface area contributed by atoms with Crippen LogP contribution in [0.25, 0.3) is 0 Å². The van der Waals surface area contributed by atoms with Gasteiger partial charge in [-0.2, -0.15) is 0 Å². The lowest BCUT2D eigenvalue weighted by molar-refractivity contribution is 0.365. The fourth-order valence-electron chi connectivity index (χ4n) is 1.46. The van der Waals surface area contributed by atoms with E-state index in [1.807, 2.05) is 24.3 Å². The lowest BCUT2D eigenvalue weighted by atomic mass is 10.0. The molecular formula is C12H13N2. The molecule has 2 rings (SSSR count). The van der Waals surface area contributed by atoms with Gasteiger partial charge >= 0.3 is 0 Å². The first-order chi connectivity index (χ1) is 6.88. The van der Waals surface area contributed by atoms with Crippen molar-refractivity contribution in [2.45, 2.75) is 0 Å². The summed E-state index contributed by atoms with van der Waals surface area (Å²) in [6.45, 7) is 3.24. The zero-order chi connectivity index (χ0) is 9.80. The molecule has 2 nitrogen and oxygen atoms in total. The van der Waals surface area contributed by atoms with E-state index in [1.54, 1.807) is 0 Å². The van der Waals surface area contributed by atoms with Crippen molar-refractivity contribution in [1.82, 2.24) is 5.32 Å². The van der Waals surface area contributed by atoms with Crippen molar-refractivity contribution in [2.24, 2.45) is 5.92 Å². The van der Waals surface area contributed by atoms with Crippen molar-refractivity contribution in [3.63, 3.8) is 0 Å². The summed E-state index contributed by atoms with van der Waals surface area (Å²) < 4.78 is 0. The standard InChI is InChI=1S/C12H13N2/c1-2-10-4-3-5-12(6-10)14-9-11-7-13-8-11/h3-6,11,13-14H,7-9H2. The topological polar surface area (TPSA) is 24.1 Å². The van der Waals surface area contributed by atoms with Crippen LogP contribution < -0.4 is 10.6 Å². The molecule has 2 heteroatoms. The SMILES string of the molecule is [C]#Cc1cccc(NCC2CNC2)c1. The van der Waals surface area contributed by atoms with Gasteiger partial charge in [-0.3, -0.25) is 0 Å². The molecule has 1 aliphatic heterocycles. The summed E-state index contributed by atoms with van der Waals surface area (Å²) in [6, 6.07) is 7.79. The number of benzene rings is 1. The number of hydrogen-bond acceptors (Lipinski definition) is 2. The molecule has 14 heavy (non-hydrogen) atoms. The van der Waals surface area contributed by atoms with Gasteiger partial charge in [-0.25, -0.2) is 0 Å². The summed E-state index contributed by atoms with van der Waals surface area (Å²) in [5, 5.41) is 6.60. The first kappa shape index (κ1) is 9.11. The van der Waals surface area contributed by atoms with Crippen molar-refractivity contribution < 1.29 is 0 Å². The molecule has 71 valence electrons. The van der Waals surface area contributed by atoms with Crippen LogP contribution in [0, 0.1) is 18.3 Å². The first-order valence-electron chi connectivity index (χ1n) is 4.86. The fourth-order valence-corrected chi connectivity index (χ4v) is 1.46. The van der Waals surface area contributed by atoms with E-state index in [9.17, 15) is 0 Å². The third-order valence-corrected chi connectivity index (χ3v) is 2.47. The molecule has 0 aromatic heterocycles. The minimum atomic E-state index is 0.752. The second-order valence-electron chi connectivity index (χ2n) is 3.61. The van der Waals surface area contributed by atoms with Gasteiger partial charge in [-0.1, -0.05) is 12.0 Å². The van der Waals surface area contributed by atoms with E-state index in [0.717, 1.165) is 36.8 Å². The van der Waals surface area contributed by atoms with Gasteiger partial charge < -0.3 is 10.6 Å². The molecular weight excluding hydrogens is 172 g/mol. The van der Waals surface area contributed by atoms with E-state index in [-0.39, 0.29) is 0 Å². The monoisotopic (exact) mass is 185 g/mol. The molecule has 2 N–H and O–H groups in total. The summed E-state index contributed by atoms with van der Waals surface area (Å²) in [5.74, 6) is 3.13. The summed E-state index contributed by atoms with van der Waals surface area (Å²) in [5.41, 5.74) is 1.90. The molecule has 0 amide bonds.